The molecular formula is C12H20ClN3O6S. The number of halogens is 1. The second kappa shape index (κ2) is 7.35. The van der Waals surface area contributed by atoms with Crippen LogP contribution in [0.25, 0.3) is 0 Å². The molecule has 0 unspecified atom stereocenters. The van der Waals surface area contributed by atoms with Crippen LogP contribution in [0.5, 0.6) is 0 Å². The van der Waals surface area contributed by atoms with E-state index in [1.165, 1.54) is 0 Å². The summed E-state index contributed by atoms with van der Waals surface area (Å²) >= 11 is 5.19. The third-order valence-electron chi connectivity index (χ3n) is 2.77. The molecule has 0 radical (unpaired) electrons. The Morgan fingerprint density at radius 3 is 2.39 bits per heavy atom. The molecule has 11 heteroatoms. The molecule has 9 nitrogen and oxygen atoms in total. The van der Waals surface area contributed by atoms with Gasteiger partial charge in [-0.1, -0.05) is 0 Å². The van der Waals surface area contributed by atoms with Gasteiger partial charge in [-0.25, -0.2) is 27.2 Å². The van der Waals surface area contributed by atoms with Crippen LogP contribution in [0.2, 0.25) is 0 Å². The van der Waals surface area contributed by atoms with Crippen LogP contribution in [-0.2, 0) is 14.8 Å². The summed E-state index contributed by atoms with van der Waals surface area (Å²) in [4.78, 5) is 34.8. The van der Waals surface area contributed by atoms with Gasteiger partial charge < -0.3 is 10.1 Å². The molecule has 0 spiro atoms. The van der Waals surface area contributed by atoms with Gasteiger partial charge in [0.25, 0.3) is 0 Å². The van der Waals surface area contributed by atoms with E-state index in [1.54, 1.807) is 20.8 Å². The number of alkyl carbamates (subject to hydrolysis) is 1. The first-order valence-electron chi connectivity index (χ1n) is 6.92. The second-order valence-corrected chi connectivity index (χ2v) is 8.19. The van der Waals surface area contributed by atoms with Crippen molar-refractivity contribution in [1.29, 1.82) is 0 Å². The maximum Gasteiger partial charge on any atom is 0.407 e. The molecule has 1 heterocycles. The summed E-state index contributed by atoms with van der Waals surface area (Å²) in [6.07, 6.45) is -0.550. The number of hydrogen-bond donors (Lipinski definition) is 1. The van der Waals surface area contributed by atoms with Crippen LogP contribution in [0.1, 0.15) is 27.2 Å². The zero-order valence-corrected chi connectivity index (χ0v) is 14.7. The second-order valence-electron chi connectivity index (χ2n) is 5.86. The van der Waals surface area contributed by atoms with Crippen molar-refractivity contribution in [3.8, 4) is 0 Å². The van der Waals surface area contributed by atoms with Gasteiger partial charge in [-0.05, 0) is 38.8 Å². The lowest BCUT2D eigenvalue weighted by Gasteiger charge is -2.20. The SMILES string of the molecule is CC(C)(C)OC(=O)NCCCS(=O)(=O)N1CCN(C(=O)Cl)C1=O. The molecule has 0 aliphatic carbocycles. The smallest absolute Gasteiger partial charge is 0.407 e. The average molecular weight is 370 g/mol. The van der Waals surface area contributed by atoms with E-state index in [-0.39, 0.29) is 31.8 Å². The Kier molecular flexibility index (Phi) is 6.23. The molecule has 23 heavy (non-hydrogen) atoms. The lowest BCUT2D eigenvalue weighted by Crippen LogP contribution is -2.39. The fourth-order valence-electron chi connectivity index (χ4n) is 1.81. The molecule has 4 amide bonds. The van der Waals surface area contributed by atoms with E-state index in [9.17, 15) is 22.8 Å². The molecule has 1 rings (SSSR count). The number of rotatable bonds is 5. The van der Waals surface area contributed by atoms with E-state index in [1.807, 2.05) is 0 Å². The van der Waals surface area contributed by atoms with Crippen LogP contribution in [0.3, 0.4) is 0 Å². The topological polar surface area (TPSA) is 113 Å². The van der Waals surface area contributed by atoms with Crippen LogP contribution in [0.15, 0.2) is 0 Å². The Labute approximate surface area is 139 Å². The third-order valence-corrected chi connectivity index (χ3v) is 4.79. The van der Waals surface area contributed by atoms with Crippen molar-refractivity contribution in [1.82, 2.24) is 14.5 Å². The van der Waals surface area contributed by atoms with Gasteiger partial charge in [0.2, 0.25) is 10.0 Å². The minimum Gasteiger partial charge on any atom is -0.444 e. The standard InChI is InChI=1S/C12H20ClN3O6S/c1-12(2,3)22-10(18)14-5-4-8-23(20,21)16-7-6-15(9(13)17)11(16)19/h4-8H2,1-3H3,(H,14,18). The first kappa shape index (κ1) is 19.5. The molecular weight excluding hydrogens is 350 g/mol. The van der Waals surface area contributed by atoms with Crippen molar-refractivity contribution < 1.29 is 27.5 Å². The molecule has 1 aliphatic rings. The molecule has 132 valence electrons. The molecule has 1 fully saturated rings. The highest BCUT2D eigenvalue weighted by Gasteiger charge is 2.39. The van der Waals surface area contributed by atoms with Crippen molar-refractivity contribution in [2.24, 2.45) is 0 Å². The van der Waals surface area contributed by atoms with Crippen molar-refractivity contribution >= 4 is 39.1 Å². The predicted molar refractivity (Wildman–Crippen MR) is 82.7 cm³/mol. The van der Waals surface area contributed by atoms with Gasteiger partial charge in [-0.3, -0.25) is 4.79 Å². The minimum atomic E-state index is -3.87. The number of hydrogen-bond acceptors (Lipinski definition) is 6. The molecule has 0 bridgehead atoms. The Hall–Kier alpha value is -1.55. The van der Waals surface area contributed by atoms with Gasteiger partial charge in [-0.15, -0.1) is 0 Å². The van der Waals surface area contributed by atoms with Crippen molar-refractivity contribution in [3.63, 3.8) is 0 Å². The summed E-state index contributed by atoms with van der Waals surface area (Å²) in [5.74, 6) is -0.348. The molecule has 0 aromatic carbocycles. The van der Waals surface area contributed by atoms with Crippen LogP contribution in [0.4, 0.5) is 14.4 Å². The van der Waals surface area contributed by atoms with Gasteiger partial charge in [0.05, 0.1) is 18.8 Å². The summed E-state index contributed by atoms with van der Waals surface area (Å²) in [7, 11) is -3.87. The van der Waals surface area contributed by atoms with E-state index >= 15 is 0 Å². The number of carbonyl (C=O) groups is 3. The number of imide groups is 1. The van der Waals surface area contributed by atoms with E-state index < -0.39 is 33.1 Å². The van der Waals surface area contributed by atoms with Gasteiger partial charge >= 0.3 is 17.5 Å². The molecule has 0 saturated carbocycles. The van der Waals surface area contributed by atoms with Crippen LogP contribution < -0.4 is 5.32 Å². The van der Waals surface area contributed by atoms with E-state index in [4.69, 9.17) is 16.3 Å². The van der Waals surface area contributed by atoms with Crippen LogP contribution >= 0.6 is 11.6 Å². The zero-order chi connectivity index (χ0) is 17.8. The molecule has 1 saturated heterocycles. The number of carbonyl (C=O) groups excluding carboxylic acids is 3. The van der Waals surface area contributed by atoms with Crippen molar-refractivity contribution in [3.05, 3.63) is 0 Å². The quantitative estimate of drug-likeness (QED) is 0.444. The lowest BCUT2D eigenvalue weighted by atomic mass is 10.2. The minimum absolute atomic E-state index is 0.0729. The molecule has 0 aromatic heterocycles. The van der Waals surface area contributed by atoms with Gasteiger partial charge in [-0.2, -0.15) is 0 Å². The highest BCUT2D eigenvalue weighted by molar-refractivity contribution is 7.89. The summed E-state index contributed by atoms with van der Waals surface area (Å²) in [5, 5.41) is 1.41. The normalized spacial score (nSPS) is 15.7. The number of ether oxygens (including phenoxy) is 1. The first-order valence-corrected chi connectivity index (χ1v) is 8.91. The summed E-state index contributed by atoms with van der Waals surface area (Å²) < 4.78 is 29.7. The van der Waals surface area contributed by atoms with E-state index in [0.717, 1.165) is 0 Å². The van der Waals surface area contributed by atoms with Crippen LogP contribution in [-0.4, -0.2) is 66.1 Å². The maximum atomic E-state index is 12.1. The number of nitrogens with one attached hydrogen (secondary N) is 1. The molecule has 1 N–H and O–H groups in total. The molecule has 0 atom stereocenters. The first-order chi connectivity index (χ1) is 10.4. The fourth-order valence-corrected chi connectivity index (χ4v) is 3.39. The highest BCUT2D eigenvalue weighted by Crippen LogP contribution is 2.16. The summed E-state index contributed by atoms with van der Waals surface area (Å²) in [6, 6.07) is -0.954. The average Bonchev–Trinajstić information content (AvgIpc) is 2.75. The number of sulfonamides is 1. The van der Waals surface area contributed by atoms with E-state index in [2.05, 4.69) is 5.32 Å². The van der Waals surface area contributed by atoms with Gasteiger partial charge in [0.15, 0.2) is 0 Å². The van der Waals surface area contributed by atoms with Crippen molar-refractivity contribution in [2.75, 3.05) is 25.4 Å². The Morgan fingerprint density at radius 2 is 1.91 bits per heavy atom. The molecule has 1 aliphatic heterocycles. The third kappa shape index (κ3) is 5.87. The number of nitrogens with zero attached hydrogens (tertiary/aromatic N) is 2. The van der Waals surface area contributed by atoms with Gasteiger partial charge in [0.1, 0.15) is 5.60 Å². The Bertz CT molecular complexity index is 586. The molecule has 0 aromatic rings. The lowest BCUT2D eigenvalue weighted by molar-refractivity contribution is 0.0527. The van der Waals surface area contributed by atoms with Crippen molar-refractivity contribution in [2.45, 2.75) is 32.8 Å². The summed E-state index contributed by atoms with van der Waals surface area (Å²) in [5.41, 5.74) is -0.643. The van der Waals surface area contributed by atoms with E-state index in [0.29, 0.717) is 9.21 Å². The van der Waals surface area contributed by atoms with Crippen LogP contribution in [0, 0.1) is 0 Å². The maximum absolute atomic E-state index is 12.1. The zero-order valence-electron chi connectivity index (χ0n) is 13.2. The Morgan fingerprint density at radius 1 is 1.30 bits per heavy atom. The summed E-state index contributed by atoms with van der Waals surface area (Å²) in [6.45, 7) is 5.00. The largest absolute Gasteiger partial charge is 0.444 e. The number of urea groups is 1. The monoisotopic (exact) mass is 369 g/mol. The Balaban J connectivity index is 2.44. The highest BCUT2D eigenvalue weighted by atomic mass is 35.5. The fraction of sp³-hybridized carbons (Fsp3) is 0.750. The number of amides is 4. The predicted octanol–water partition coefficient (Wildman–Crippen LogP) is 1.33. The van der Waals surface area contributed by atoms with Gasteiger partial charge in [0, 0.05) is 6.54 Å².